The van der Waals surface area contributed by atoms with E-state index in [-0.39, 0.29) is 31.8 Å². The molecule has 0 fully saturated rings. The van der Waals surface area contributed by atoms with Crippen LogP contribution in [-0.4, -0.2) is 65.3 Å². The molecule has 0 bridgehead atoms. The van der Waals surface area contributed by atoms with E-state index >= 15 is 0 Å². The number of guanidine groups is 1. The first kappa shape index (κ1) is 25.6. The molecular weight excluding hydrogens is 388 g/mol. The van der Waals surface area contributed by atoms with E-state index in [1.54, 1.807) is 0 Å². The zero-order valence-electron chi connectivity index (χ0n) is 15.8. The molecule has 0 saturated heterocycles. The van der Waals surface area contributed by atoms with Crippen LogP contribution >= 0.6 is 0 Å². The number of carbonyl (C=O) groups excluding carboxylic acids is 4. The van der Waals surface area contributed by atoms with E-state index in [9.17, 15) is 24.0 Å². The van der Waals surface area contributed by atoms with Gasteiger partial charge >= 0.3 is 5.97 Å². The van der Waals surface area contributed by atoms with E-state index in [0.29, 0.717) is 6.42 Å². The number of primary amides is 2. The molecule has 164 valence electrons. The number of aliphatic imine (C=N–C) groups is 1. The zero-order chi connectivity index (χ0) is 22.6. The normalized spacial score (nSPS) is 13.4. The van der Waals surface area contributed by atoms with Crippen molar-refractivity contribution in [3.8, 4) is 0 Å². The van der Waals surface area contributed by atoms with Gasteiger partial charge < -0.3 is 44.4 Å². The van der Waals surface area contributed by atoms with Crippen molar-refractivity contribution in [2.24, 2.45) is 33.7 Å². The second kappa shape index (κ2) is 12.9. The number of nitrogens with one attached hydrogen (secondary N) is 2. The fourth-order valence-corrected chi connectivity index (χ4v) is 2.16. The fourth-order valence-electron chi connectivity index (χ4n) is 2.16. The topological polar surface area (TPSA) is 272 Å². The number of carboxylic acids is 1. The van der Waals surface area contributed by atoms with Crippen LogP contribution in [0.5, 0.6) is 0 Å². The van der Waals surface area contributed by atoms with E-state index in [0.717, 1.165) is 0 Å². The average molecular weight is 416 g/mol. The summed E-state index contributed by atoms with van der Waals surface area (Å²) in [7, 11) is 0. The largest absolute Gasteiger partial charge is 0.480 e. The second-order valence-electron chi connectivity index (χ2n) is 6.19. The molecule has 14 heteroatoms. The molecule has 0 aromatic carbocycles. The van der Waals surface area contributed by atoms with E-state index in [4.69, 9.17) is 33.8 Å². The van der Waals surface area contributed by atoms with E-state index in [1.165, 1.54) is 0 Å². The zero-order valence-corrected chi connectivity index (χ0v) is 15.8. The summed E-state index contributed by atoms with van der Waals surface area (Å²) < 4.78 is 0. The first-order valence-corrected chi connectivity index (χ1v) is 8.65. The first-order valence-electron chi connectivity index (χ1n) is 8.65. The third-order valence-electron chi connectivity index (χ3n) is 3.64. The highest BCUT2D eigenvalue weighted by atomic mass is 16.4. The van der Waals surface area contributed by atoms with Crippen LogP contribution in [0.2, 0.25) is 0 Å². The Bertz CT molecular complexity index is 649. The Kier molecular flexibility index (Phi) is 11.4. The van der Waals surface area contributed by atoms with Crippen LogP contribution in [0.15, 0.2) is 4.99 Å². The molecule has 4 amide bonds. The van der Waals surface area contributed by atoms with Crippen molar-refractivity contribution in [1.29, 1.82) is 0 Å². The Morgan fingerprint density at radius 2 is 1.45 bits per heavy atom. The van der Waals surface area contributed by atoms with Crippen molar-refractivity contribution < 1.29 is 29.1 Å². The smallest absolute Gasteiger partial charge is 0.326 e. The Balaban J connectivity index is 4.95. The molecule has 0 aliphatic carbocycles. The Morgan fingerprint density at radius 1 is 0.862 bits per heavy atom. The summed E-state index contributed by atoms with van der Waals surface area (Å²) in [6.45, 7) is 0.245. The molecule has 0 spiro atoms. The molecule has 29 heavy (non-hydrogen) atoms. The van der Waals surface area contributed by atoms with E-state index in [2.05, 4.69) is 15.6 Å². The van der Waals surface area contributed by atoms with Crippen LogP contribution in [0.1, 0.15) is 32.1 Å². The maximum Gasteiger partial charge on any atom is 0.326 e. The molecule has 0 radical (unpaired) electrons. The van der Waals surface area contributed by atoms with E-state index < -0.39 is 54.1 Å². The summed E-state index contributed by atoms with van der Waals surface area (Å²) in [6.07, 6.45) is -0.569. The van der Waals surface area contributed by atoms with Crippen molar-refractivity contribution in [3.05, 3.63) is 0 Å². The van der Waals surface area contributed by atoms with Crippen molar-refractivity contribution in [2.45, 2.75) is 50.2 Å². The Labute approximate surface area is 166 Å². The van der Waals surface area contributed by atoms with Gasteiger partial charge in [-0.1, -0.05) is 0 Å². The third-order valence-corrected chi connectivity index (χ3v) is 3.64. The number of carbonyl (C=O) groups is 5. The molecule has 3 atom stereocenters. The van der Waals surface area contributed by atoms with Gasteiger partial charge in [-0.2, -0.15) is 0 Å². The van der Waals surface area contributed by atoms with Crippen molar-refractivity contribution in [3.63, 3.8) is 0 Å². The summed E-state index contributed by atoms with van der Waals surface area (Å²) in [5.41, 5.74) is 26.1. The highest BCUT2D eigenvalue weighted by molar-refractivity contribution is 5.94. The molecule has 0 aromatic heterocycles. The van der Waals surface area contributed by atoms with Gasteiger partial charge in [0.05, 0.1) is 12.5 Å². The summed E-state index contributed by atoms with van der Waals surface area (Å²) in [6, 6.07) is -3.92. The van der Waals surface area contributed by atoms with Crippen LogP contribution in [0.25, 0.3) is 0 Å². The maximum atomic E-state index is 12.3. The Morgan fingerprint density at radius 3 is 1.93 bits per heavy atom. The van der Waals surface area contributed by atoms with Gasteiger partial charge in [0.15, 0.2) is 5.96 Å². The monoisotopic (exact) mass is 416 g/mol. The lowest BCUT2D eigenvalue weighted by atomic mass is 10.1. The highest BCUT2D eigenvalue weighted by Gasteiger charge is 2.29. The number of aliphatic carboxylic acids is 1. The number of hydrogen-bond donors (Lipinski definition) is 8. The molecular formula is C15H28N8O6. The molecule has 0 aromatic rings. The minimum Gasteiger partial charge on any atom is -0.480 e. The summed E-state index contributed by atoms with van der Waals surface area (Å²) in [5, 5.41) is 13.5. The van der Waals surface area contributed by atoms with Gasteiger partial charge in [-0.05, 0) is 19.3 Å². The molecule has 13 N–H and O–H groups in total. The maximum absolute atomic E-state index is 12.3. The summed E-state index contributed by atoms with van der Waals surface area (Å²) in [4.78, 5) is 61.5. The van der Waals surface area contributed by atoms with Crippen LogP contribution in [0, 0.1) is 0 Å². The van der Waals surface area contributed by atoms with Crippen LogP contribution in [0.4, 0.5) is 0 Å². The SMILES string of the molecule is NC(=O)CCC(NC(=O)C(CC(N)=O)NC(=O)C(N)CCCN=C(N)N)C(=O)O. The van der Waals surface area contributed by atoms with Gasteiger partial charge in [0, 0.05) is 13.0 Å². The third kappa shape index (κ3) is 11.8. The van der Waals surface area contributed by atoms with Crippen LogP contribution in [0.3, 0.4) is 0 Å². The standard InChI is InChI=1S/C15H28N8O6/c16-7(2-1-5-21-15(19)20)12(26)23-9(6-11(18)25)13(27)22-8(14(28)29)3-4-10(17)24/h7-9H,1-6,16H2,(H2,17,24)(H2,18,25)(H,22,27)(H,23,26)(H,28,29)(H4,19,20,21). The van der Waals surface area contributed by atoms with Crippen molar-refractivity contribution >= 4 is 35.6 Å². The number of carboxylic acid groups (broad SMARTS) is 1. The number of rotatable bonds is 14. The molecule has 0 aliphatic heterocycles. The lowest BCUT2D eigenvalue weighted by Gasteiger charge is -2.22. The summed E-state index contributed by atoms with van der Waals surface area (Å²) >= 11 is 0. The number of nitrogens with zero attached hydrogens (tertiary/aromatic N) is 1. The predicted octanol–water partition coefficient (Wildman–Crippen LogP) is -4.44. The van der Waals surface area contributed by atoms with Gasteiger partial charge in [-0.15, -0.1) is 0 Å². The minimum absolute atomic E-state index is 0.106. The predicted molar refractivity (Wildman–Crippen MR) is 102 cm³/mol. The second-order valence-corrected chi connectivity index (χ2v) is 6.19. The molecule has 14 nitrogen and oxygen atoms in total. The number of hydrogen-bond acceptors (Lipinski definition) is 7. The average Bonchev–Trinajstić information content (AvgIpc) is 2.60. The Hall–Kier alpha value is -3.42. The van der Waals surface area contributed by atoms with Gasteiger partial charge in [-0.3, -0.25) is 24.2 Å². The van der Waals surface area contributed by atoms with Crippen molar-refractivity contribution in [1.82, 2.24) is 10.6 Å². The molecule has 3 unspecified atom stereocenters. The highest BCUT2D eigenvalue weighted by Crippen LogP contribution is 2.02. The molecule has 0 heterocycles. The van der Waals surface area contributed by atoms with Crippen LogP contribution < -0.4 is 39.3 Å². The first-order chi connectivity index (χ1) is 13.4. The van der Waals surface area contributed by atoms with Gasteiger partial charge in [0.1, 0.15) is 12.1 Å². The lowest BCUT2D eigenvalue weighted by molar-refractivity contribution is -0.142. The number of amides is 4. The van der Waals surface area contributed by atoms with Gasteiger partial charge in [0.25, 0.3) is 0 Å². The molecule has 0 rings (SSSR count). The molecule has 0 aliphatic rings. The number of nitrogens with two attached hydrogens (primary N) is 5. The van der Waals surface area contributed by atoms with Crippen LogP contribution in [-0.2, 0) is 24.0 Å². The van der Waals surface area contributed by atoms with E-state index in [1.807, 2.05) is 0 Å². The molecule has 0 saturated carbocycles. The quantitative estimate of drug-likeness (QED) is 0.0769. The van der Waals surface area contributed by atoms with Gasteiger partial charge in [0.2, 0.25) is 23.6 Å². The lowest BCUT2D eigenvalue weighted by Crippen LogP contribution is -2.55. The van der Waals surface area contributed by atoms with Crippen molar-refractivity contribution in [2.75, 3.05) is 6.54 Å². The fraction of sp³-hybridized carbons (Fsp3) is 0.600. The minimum atomic E-state index is -1.45. The van der Waals surface area contributed by atoms with Gasteiger partial charge in [-0.25, -0.2) is 4.79 Å². The summed E-state index contributed by atoms with van der Waals surface area (Å²) in [5.74, 6) is -4.90.